The molecule has 15 heavy (non-hydrogen) atoms. The van der Waals surface area contributed by atoms with Crippen molar-refractivity contribution in [2.24, 2.45) is 17.6 Å². The zero-order valence-electron chi connectivity index (χ0n) is 8.31. The van der Waals surface area contributed by atoms with Crippen molar-refractivity contribution >= 4 is 15.9 Å². The van der Waals surface area contributed by atoms with E-state index in [-0.39, 0.29) is 16.1 Å². The van der Waals surface area contributed by atoms with E-state index >= 15 is 0 Å². The summed E-state index contributed by atoms with van der Waals surface area (Å²) in [7, 11) is 0. The molecule has 0 bridgehead atoms. The maximum absolute atomic E-state index is 13.5. The van der Waals surface area contributed by atoms with Gasteiger partial charge in [-0.2, -0.15) is 0 Å². The summed E-state index contributed by atoms with van der Waals surface area (Å²) in [4.78, 5) is 0. The molecule has 1 aliphatic rings. The molecule has 0 aliphatic heterocycles. The third kappa shape index (κ3) is 2.06. The molecular weight excluding hydrogens is 264 g/mol. The fourth-order valence-electron chi connectivity index (χ4n) is 1.88. The molecule has 4 heteroatoms. The van der Waals surface area contributed by atoms with Gasteiger partial charge >= 0.3 is 0 Å². The minimum absolute atomic E-state index is 0.139. The zero-order valence-corrected chi connectivity index (χ0v) is 9.89. The maximum Gasteiger partial charge on any atom is 0.137 e. The van der Waals surface area contributed by atoms with Crippen LogP contribution in [0.1, 0.15) is 24.9 Å². The normalized spacial score (nSPS) is 26.5. The van der Waals surface area contributed by atoms with Crippen molar-refractivity contribution in [2.75, 3.05) is 0 Å². The molecule has 0 amide bonds. The number of halogens is 3. The lowest BCUT2D eigenvalue weighted by molar-refractivity contribution is 0.524. The summed E-state index contributed by atoms with van der Waals surface area (Å²) in [6.45, 7) is 2.07. The Bertz CT molecular complexity index is 394. The summed E-state index contributed by atoms with van der Waals surface area (Å²) in [5.41, 5.74) is 6.17. The highest BCUT2D eigenvalue weighted by Crippen LogP contribution is 2.46. The molecule has 0 spiro atoms. The van der Waals surface area contributed by atoms with E-state index in [0.717, 1.165) is 12.5 Å². The Morgan fingerprint density at radius 2 is 2.00 bits per heavy atom. The molecule has 82 valence electrons. The van der Waals surface area contributed by atoms with Gasteiger partial charge in [0.15, 0.2) is 0 Å². The van der Waals surface area contributed by atoms with Crippen molar-refractivity contribution in [3.63, 3.8) is 0 Å². The van der Waals surface area contributed by atoms with Crippen LogP contribution in [0.25, 0.3) is 0 Å². The van der Waals surface area contributed by atoms with Gasteiger partial charge in [-0.15, -0.1) is 0 Å². The summed E-state index contributed by atoms with van der Waals surface area (Å²) in [6, 6.07) is 1.94. The van der Waals surface area contributed by atoms with Crippen molar-refractivity contribution < 1.29 is 8.78 Å². The third-order valence-electron chi connectivity index (χ3n) is 3.03. The molecule has 0 aromatic heterocycles. The molecule has 1 aromatic carbocycles. The van der Waals surface area contributed by atoms with Gasteiger partial charge in [0.2, 0.25) is 0 Å². The van der Waals surface area contributed by atoms with Crippen LogP contribution < -0.4 is 5.73 Å². The monoisotopic (exact) mass is 275 g/mol. The highest BCUT2D eigenvalue weighted by Gasteiger charge is 2.39. The van der Waals surface area contributed by atoms with Gasteiger partial charge in [0.25, 0.3) is 0 Å². The van der Waals surface area contributed by atoms with Gasteiger partial charge in [-0.05, 0) is 46.3 Å². The van der Waals surface area contributed by atoms with E-state index in [0.29, 0.717) is 11.8 Å². The molecule has 3 unspecified atom stereocenters. The van der Waals surface area contributed by atoms with Crippen LogP contribution in [0.4, 0.5) is 8.78 Å². The Labute approximate surface area is 95.8 Å². The van der Waals surface area contributed by atoms with E-state index in [9.17, 15) is 8.78 Å². The van der Waals surface area contributed by atoms with Gasteiger partial charge in [-0.3, -0.25) is 0 Å². The summed E-state index contributed by atoms with van der Waals surface area (Å²) < 4.78 is 26.9. The molecule has 1 saturated carbocycles. The van der Waals surface area contributed by atoms with Crippen LogP contribution in [-0.4, -0.2) is 0 Å². The highest BCUT2D eigenvalue weighted by molar-refractivity contribution is 9.10. The second-order valence-corrected chi connectivity index (χ2v) is 5.04. The Morgan fingerprint density at radius 1 is 1.40 bits per heavy atom. The van der Waals surface area contributed by atoms with Crippen LogP contribution in [0.5, 0.6) is 0 Å². The largest absolute Gasteiger partial charge is 0.324 e. The third-order valence-corrected chi connectivity index (χ3v) is 3.64. The molecule has 2 rings (SSSR count). The first-order valence-electron chi connectivity index (χ1n) is 4.90. The molecule has 0 saturated heterocycles. The number of rotatable bonds is 2. The van der Waals surface area contributed by atoms with Crippen LogP contribution in [0.3, 0.4) is 0 Å². The summed E-state index contributed by atoms with van der Waals surface area (Å²) in [5, 5.41) is 0. The van der Waals surface area contributed by atoms with Gasteiger partial charge in [-0.25, -0.2) is 8.78 Å². The van der Waals surface area contributed by atoms with Crippen LogP contribution in [0.15, 0.2) is 16.6 Å². The van der Waals surface area contributed by atoms with E-state index in [1.54, 1.807) is 0 Å². The van der Waals surface area contributed by atoms with Gasteiger partial charge in [0.1, 0.15) is 11.6 Å². The molecule has 2 N–H and O–H groups in total. The van der Waals surface area contributed by atoms with Crippen molar-refractivity contribution in [2.45, 2.75) is 19.4 Å². The van der Waals surface area contributed by atoms with Crippen LogP contribution in [0.2, 0.25) is 0 Å². The van der Waals surface area contributed by atoms with Gasteiger partial charge in [0, 0.05) is 11.6 Å². The lowest BCUT2D eigenvalue weighted by Crippen LogP contribution is -2.15. The van der Waals surface area contributed by atoms with Crippen molar-refractivity contribution in [1.82, 2.24) is 0 Å². The standard InChI is InChI=1S/C11H12BrF2N/c1-5-2-6(5)11(15)7-3-10(14)8(12)4-9(7)13/h3-6,11H,2,15H2,1H3. The number of nitrogens with two attached hydrogens (primary N) is 1. The van der Waals surface area contributed by atoms with Crippen LogP contribution in [-0.2, 0) is 0 Å². The number of benzene rings is 1. The molecule has 0 heterocycles. The lowest BCUT2D eigenvalue weighted by Gasteiger charge is -2.13. The van der Waals surface area contributed by atoms with E-state index in [4.69, 9.17) is 5.73 Å². The van der Waals surface area contributed by atoms with E-state index < -0.39 is 11.6 Å². The molecule has 3 atom stereocenters. The smallest absolute Gasteiger partial charge is 0.137 e. The van der Waals surface area contributed by atoms with Crippen LogP contribution in [0, 0.1) is 23.5 Å². The SMILES string of the molecule is CC1CC1C(N)c1cc(F)c(Br)cc1F. The molecule has 0 radical (unpaired) electrons. The number of hydrogen-bond acceptors (Lipinski definition) is 1. The summed E-state index contributed by atoms with van der Waals surface area (Å²) in [6.07, 6.45) is 0.998. The molecule has 1 fully saturated rings. The predicted octanol–water partition coefficient (Wildman–Crippen LogP) is 3.38. The second kappa shape index (κ2) is 3.83. The average molecular weight is 276 g/mol. The fourth-order valence-corrected chi connectivity index (χ4v) is 2.19. The Balaban J connectivity index is 2.31. The highest BCUT2D eigenvalue weighted by atomic mass is 79.9. The topological polar surface area (TPSA) is 26.0 Å². The quantitative estimate of drug-likeness (QED) is 0.823. The average Bonchev–Trinajstić information content (AvgIpc) is 2.88. The van der Waals surface area contributed by atoms with E-state index in [2.05, 4.69) is 22.9 Å². The Hall–Kier alpha value is -0.480. The van der Waals surface area contributed by atoms with E-state index in [1.165, 1.54) is 6.07 Å². The van der Waals surface area contributed by atoms with Gasteiger partial charge < -0.3 is 5.73 Å². The Morgan fingerprint density at radius 3 is 2.53 bits per heavy atom. The van der Waals surface area contributed by atoms with Gasteiger partial charge in [-0.1, -0.05) is 6.92 Å². The van der Waals surface area contributed by atoms with Crippen LogP contribution >= 0.6 is 15.9 Å². The van der Waals surface area contributed by atoms with E-state index in [1.807, 2.05) is 0 Å². The predicted molar refractivity (Wildman–Crippen MR) is 58.3 cm³/mol. The fraction of sp³-hybridized carbons (Fsp3) is 0.455. The lowest BCUT2D eigenvalue weighted by atomic mass is 10.0. The first kappa shape index (κ1) is 11.0. The second-order valence-electron chi connectivity index (χ2n) is 4.19. The summed E-state index contributed by atoms with van der Waals surface area (Å²) in [5.74, 6) is -0.0868. The molecule has 1 aliphatic carbocycles. The Kier molecular flexibility index (Phi) is 2.81. The van der Waals surface area contributed by atoms with Crippen molar-refractivity contribution in [3.05, 3.63) is 33.8 Å². The number of hydrogen-bond donors (Lipinski definition) is 1. The molecule has 1 aromatic rings. The minimum atomic E-state index is -0.463. The first-order chi connectivity index (χ1) is 7.00. The zero-order chi connectivity index (χ0) is 11.2. The van der Waals surface area contributed by atoms with Gasteiger partial charge in [0.05, 0.1) is 4.47 Å². The van der Waals surface area contributed by atoms with Crippen molar-refractivity contribution in [1.29, 1.82) is 0 Å². The maximum atomic E-state index is 13.5. The minimum Gasteiger partial charge on any atom is -0.324 e. The first-order valence-corrected chi connectivity index (χ1v) is 5.70. The summed E-state index contributed by atoms with van der Waals surface area (Å²) >= 11 is 2.94. The van der Waals surface area contributed by atoms with Crippen molar-refractivity contribution in [3.8, 4) is 0 Å². The molecular formula is C11H12BrF2N. The molecule has 1 nitrogen and oxygen atoms in total.